The normalized spacial score (nSPS) is 10.7. The minimum absolute atomic E-state index is 0.188. The van der Waals surface area contributed by atoms with Crippen molar-refractivity contribution in [1.82, 2.24) is 9.97 Å². The van der Waals surface area contributed by atoms with E-state index in [1.807, 2.05) is 6.92 Å². The predicted octanol–water partition coefficient (Wildman–Crippen LogP) is 1.16. The Hall–Kier alpha value is -1.76. The molecule has 74 valence electrons. The topological polar surface area (TPSA) is 61.0 Å². The first-order valence-corrected chi connectivity index (χ1v) is 4.21. The van der Waals surface area contributed by atoms with Crippen molar-refractivity contribution in [3.05, 3.63) is 11.8 Å². The van der Waals surface area contributed by atoms with E-state index in [0.717, 1.165) is 5.69 Å². The van der Waals surface area contributed by atoms with Gasteiger partial charge in [-0.3, -0.25) is 0 Å². The molecule has 0 spiro atoms. The second kappa shape index (κ2) is 3.54. The molecule has 0 fully saturated rings. The first kappa shape index (κ1) is 10.3. The van der Waals surface area contributed by atoms with Crippen LogP contribution in [0.25, 0.3) is 0 Å². The highest BCUT2D eigenvalue weighted by molar-refractivity contribution is 5.26. The molecule has 4 heteroatoms. The molecule has 0 radical (unpaired) electrons. The van der Waals surface area contributed by atoms with Crippen molar-refractivity contribution >= 4 is 5.95 Å². The van der Waals surface area contributed by atoms with Gasteiger partial charge in [-0.25, -0.2) is 4.98 Å². The van der Waals surface area contributed by atoms with Gasteiger partial charge in [0.25, 0.3) is 0 Å². The standard InChI is InChI=1S/C10H13N3O/c1-5-10(3,4)14-8-6-7(2)12-9(11)13-8/h1,6H,2-4H3,(H2,11,12,13). The number of nitrogens with two attached hydrogens (primary N) is 1. The van der Waals surface area contributed by atoms with Crippen LogP contribution in [0.3, 0.4) is 0 Å². The number of anilines is 1. The average molecular weight is 191 g/mol. The van der Waals surface area contributed by atoms with Gasteiger partial charge >= 0.3 is 0 Å². The smallest absolute Gasteiger partial charge is 0.223 e. The fraction of sp³-hybridized carbons (Fsp3) is 0.400. The van der Waals surface area contributed by atoms with E-state index in [4.69, 9.17) is 16.9 Å². The van der Waals surface area contributed by atoms with E-state index >= 15 is 0 Å². The summed E-state index contributed by atoms with van der Waals surface area (Å²) in [5.41, 5.74) is 5.53. The number of aryl methyl sites for hydroxylation is 1. The Morgan fingerprint density at radius 2 is 2.14 bits per heavy atom. The molecule has 0 saturated carbocycles. The fourth-order valence-electron chi connectivity index (χ4n) is 0.905. The first-order valence-electron chi connectivity index (χ1n) is 4.21. The minimum atomic E-state index is -0.687. The number of aromatic nitrogens is 2. The second-order valence-electron chi connectivity index (χ2n) is 3.46. The number of nitrogen functional groups attached to an aromatic ring is 1. The molecule has 14 heavy (non-hydrogen) atoms. The van der Waals surface area contributed by atoms with Gasteiger partial charge in [0.2, 0.25) is 11.8 Å². The van der Waals surface area contributed by atoms with Crippen LogP contribution in [0.5, 0.6) is 5.88 Å². The van der Waals surface area contributed by atoms with Gasteiger partial charge in [0.05, 0.1) is 0 Å². The molecular formula is C10H13N3O. The van der Waals surface area contributed by atoms with Crippen molar-refractivity contribution in [2.45, 2.75) is 26.4 Å². The van der Waals surface area contributed by atoms with Gasteiger partial charge in [-0.05, 0) is 20.8 Å². The van der Waals surface area contributed by atoms with Crippen molar-refractivity contribution in [2.75, 3.05) is 5.73 Å². The molecule has 0 aliphatic carbocycles. The summed E-state index contributed by atoms with van der Waals surface area (Å²) < 4.78 is 5.45. The van der Waals surface area contributed by atoms with Crippen molar-refractivity contribution in [3.8, 4) is 18.2 Å². The Balaban J connectivity index is 2.94. The van der Waals surface area contributed by atoms with Gasteiger partial charge in [0.15, 0.2) is 5.60 Å². The Morgan fingerprint density at radius 1 is 1.50 bits per heavy atom. The van der Waals surface area contributed by atoms with Gasteiger partial charge < -0.3 is 10.5 Å². The van der Waals surface area contributed by atoms with Gasteiger partial charge in [-0.1, -0.05) is 5.92 Å². The van der Waals surface area contributed by atoms with Crippen LogP contribution < -0.4 is 10.5 Å². The zero-order valence-electron chi connectivity index (χ0n) is 8.53. The fourth-order valence-corrected chi connectivity index (χ4v) is 0.905. The predicted molar refractivity (Wildman–Crippen MR) is 54.7 cm³/mol. The number of ether oxygens (including phenoxy) is 1. The summed E-state index contributed by atoms with van der Waals surface area (Å²) in [7, 11) is 0. The molecule has 0 aliphatic heterocycles. The van der Waals surface area contributed by atoms with Crippen molar-refractivity contribution in [3.63, 3.8) is 0 Å². The zero-order chi connectivity index (χ0) is 10.8. The molecule has 0 aromatic carbocycles. The number of hydrogen-bond acceptors (Lipinski definition) is 4. The number of rotatable bonds is 2. The van der Waals surface area contributed by atoms with E-state index in [1.165, 1.54) is 0 Å². The summed E-state index contributed by atoms with van der Waals surface area (Å²) >= 11 is 0. The maximum atomic E-state index is 5.47. The third-order valence-corrected chi connectivity index (χ3v) is 1.56. The summed E-state index contributed by atoms with van der Waals surface area (Å²) in [6, 6.07) is 1.69. The van der Waals surface area contributed by atoms with Gasteiger partial charge in [0.1, 0.15) is 0 Å². The maximum absolute atomic E-state index is 5.47. The summed E-state index contributed by atoms with van der Waals surface area (Å²) in [5, 5.41) is 0. The van der Waals surface area contributed by atoms with Crippen LogP contribution in [-0.2, 0) is 0 Å². The lowest BCUT2D eigenvalue weighted by molar-refractivity contribution is 0.164. The highest BCUT2D eigenvalue weighted by Gasteiger charge is 2.16. The lowest BCUT2D eigenvalue weighted by Gasteiger charge is -2.19. The van der Waals surface area contributed by atoms with Crippen molar-refractivity contribution < 1.29 is 4.74 Å². The number of terminal acetylenes is 1. The lowest BCUT2D eigenvalue weighted by Crippen LogP contribution is -2.26. The van der Waals surface area contributed by atoms with Gasteiger partial charge in [-0.2, -0.15) is 4.98 Å². The molecule has 0 amide bonds. The van der Waals surface area contributed by atoms with Crippen LogP contribution in [0.1, 0.15) is 19.5 Å². The Morgan fingerprint density at radius 3 is 2.64 bits per heavy atom. The quantitative estimate of drug-likeness (QED) is 0.712. The zero-order valence-corrected chi connectivity index (χ0v) is 8.53. The SMILES string of the molecule is C#CC(C)(C)Oc1cc(C)nc(N)n1. The average Bonchev–Trinajstić information content (AvgIpc) is 2.01. The van der Waals surface area contributed by atoms with Crippen LogP contribution >= 0.6 is 0 Å². The molecule has 0 atom stereocenters. The van der Waals surface area contributed by atoms with E-state index in [-0.39, 0.29) is 5.95 Å². The van der Waals surface area contributed by atoms with E-state index in [9.17, 15) is 0 Å². The highest BCUT2D eigenvalue weighted by Crippen LogP contribution is 2.16. The van der Waals surface area contributed by atoms with Crippen LogP contribution in [0.15, 0.2) is 6.07 Å². The third-order valence-electron chi connectivity index (χ3n) is 1.56. The summed E-state index contributed by atoms with van der Waals surface area (Å²) in [5.74, 6) is 3.09. The molecule has 0 unspecified atom stereocenters. The molecule has 0 aliphatic rings. The summed E-state index contributed by atoms with van der Waals surface area (Å²) in [4.78, 5) is 7.84. The van der Waals surface area contributed by atoms with Gasteiger partial charge in [-0.15, -0.1) is 6.42 Å². The summed E-state index contributed by atoms with van der Waals surface area (Å²) in [6.45, 7) is 5.37. The molecule has 1 aromatic rings. The Bertz CT molecular complexity index is 359. The summed E-state index contributed by atoms with van der Waals surface area (Å²) in [6.07, 6.45) is 5.28. The maximum Gasteiger partial charge on any atom is 0.223 e. The molecule has 4 nitrogen and oxygen atoms in total. The minimum Gasteiger partial charge on any atom is -0.458 e. The van der Waals surface area contributed by atoms with E-state index < -0.39 is 5.60 Å². The molecule has 1 aromatic heterocycles. The molecule has 2 N–H and O–H groups in total. The van der Waals surface area contributed by atoms with Gasteiger partial charge in [0, 0.05) is 11.8 Å². The van der Waals surface area contributed by atoms with Crippen molar-refractivity contribution in [2.24, 2.45) is 0 Å². The molecule has 1 rings (SSSR count). The van der Waals surface area contributed by atoms with Crippen LogP contribution in [0.4, 0.5) is 5.95 Å². The Kier molecular flexibility index (Phi) is 2.61. The van der Waals surface area contributed by atoms with Crippen LogP contribution in [0, 0.1) is 19.3 Å². The molecule has 1 heterocycles. The third kappa shape index (κ3) is 2.63. The van der Waals surface area contributed by atoms with Crippen molar-refractivity contribution in [1.29, 1.82) is 0 Å². The number of nitrogens with zero attached hydrogens (tertiary/aromatic N) is 2. The number of hydrogen-bond donors (Lipinski definition) is 1. The van der Waals surface area contributed by atoms with Crippen LogP contribution in [-0.4, -0.2) is 15.6 Å². The Labute approximate surface area is 83.5 Å². The monoisotopic (exact) mass is 191 g/mol. The highest BCUT2D eigenvalue weighted by atomic mass is 16.5. The second-order valence-corrected chi connectivity index (χ2v) is 3.46. The van der Waals surface area contributed by atoms with E-state index in [1.54, 1.807) is 19.9 Å². The molecular weight excluding hydrogens is 178 g/mol. The molecule has 0 saturated heterocycles. The molecule has 0 bridgehead atoms. The van der Waals surface area contributed by atoms with E-state index in [0.29, 0.717) is 5.88 Å². The van der Waals surface area contributed by atoms with E-state index in [2.05, 4.69) is 15.9 Å². The van der Waals surface area contributed by atoms with Crippen LogP contribution in [0.2, 0.25) is 0 Å². The first-order chi connectivity index (χ1) is 6.43. The lowest BCUT2D eigenvalue weighted by atomic mass is 10.1. The largest absolute Gasteiger partial charge is 0.458 e.